The average Bonchev–Trinajstić information content (AvgIpc) is 2.88. The van der Waals surface area contributed by atoms with Gasteiger partial charge in [-0.2, -0.15) is 0 Å². The molecule has 1 unspecified atom stereocenters. The number of nitrogens with one attached hydrogen (secondary N) is 1. The summed E-state index contributed by atoms with van der Waals surface area (Å²) >= 11 is 0. The van der Waals surface area contributed by atoms with Crippen LogP contribution in [0.15, 0.2) is 6.20 Å². The quantitative estimate of drug-likeness (QED) is 0.858. The summed E-state index contributed by atoms with van der Waals surface area (Å²) in [4.78, 5) is 0. The lowest BCUT2D eigenvalue weighted by atomic mass is 9.92. The van der Waals surface area contributed by atoms with Crippen molar-refractivity contribution >= 4 is 0 Å². The minimum absolute atomic E-state index is 0.228. The van der Waals surface area contributed by atoms with E-state index in [9.17, 15) is 0 Å². The maximum atomic E-state index is 5.58. The maximum absolute atomic E-state index is 5.58. The van der Waals surface area contributed by atoms with Crippen molar-refractivity contribution in [2.45, 2.75) is 70.7 Å². The zero-order chi connectivity index (χ0) is 13.7. The fraction of sp³-hybridized carbons (Fsp3) is 0.857. The molecule has 1 aromatic rings. The molecule has 0 spiro atoms. The minimum Gasteiger partial charge on any atom is -0.380 e. The van der Waals surface area contributed by atoms with Crippen LogP contribution in [-0.4, -0.2) is 34.2 Å². The molecule has 0 aliphatic heterocycles. The van der Waals surface area contributed by atoms with E-state index in [1.165, 1.54) is 19.3 Å². The second-order valence-electron chi connectivity index (χ2n) is 5.46. The zero-order valence-corrected chi connectivity index (χ0v) is 12.3. The molecule has 1 aromatic heterocycles. The molecule has 1 saturated carbocycles. The van der Waals surface area contributed by atoms with E-state index in [4.69, 9.17) is 4.74 Å². The molecule has 5 nitrogen and oxygen atoms in total. The number of aromatic nitrogens is 3. The Labute approximate surface area is 115 Å². The van der Waals surface area contributed by atoms with Gasteiger partial charge >= 0.3 is 0 Å². The zero-order valence-electron chi connectivity index (χ0n) is 12.3. The first-order chi connectivity index (χ1) is 9.24. The van der Waals surface area contributed by atoms with Crippen molar-refractivity contribution in [1.82, 2.24) is 20.3 Å². The lowest BCUT2D eigenvalue weighted by Crippen LogP contribution is -2.44. The molecule has 0 aromatic carbocycles. The second-order valence-corrected chi connectivity index (χ2v) is 5.46. The van der Waals surface area contributed by atoms with E-state index in [-0.39, 0.29) is 6.04 Å². The summed E-state index contributed by atoms with van der Waals surface area (Å²) in [5, 5.41) is 12.1. The van der Waals surface area contributed by atoms with Crippen molar-refractivity contribution in [2.24, 2.45) is 0 Å². The highest BCUT2D eigenvalue weighted by atomic mass is 16.5. The van der Waals surface area contributed by atoms with Crippen LogP contribution in [0, 0.1) is 0 Å². The molecule has 3 atom stereocenters. The third-order valence-corrected chi connectivity index (χ3v) is 3.92. The normalized spacial score (nSPS) is 25.4. The van der Waals surface area contributed by atoms with E-state index < -0.39 is 0 Å². The van der Waals surface area contributed by atoms with Gasteiger partial charge in [0.05, 0.1) is 24.0 Å². The summed E-state index contributed by atoms with van der Waals surface area (Å²) in [5.74, 6) is 0. The van der Waals surface area contributed by atoms with Gasteiger partial charge in [-0.3, -0.25) is 4.68 Å². The van der Waals surface area contributed by atoms with Gasteiger partial charge in [0, 0.05) is 19.7 Å². The molecule has 0 saturated heterocycles. The fourth-order valence-electron chi connectivity index (χ4n) is 2.83. The summed E-state index contributed by atoms with van der Waals surface area (Å²) < 4.78 is 7.50. The van der Waals surface area contributed by atoms with Crippen molar-refractivity contribution in [1.29, 1.82) is 0 Å². The highest BCUT2D eigenvalue weighted by Crippen LogP contribution is 2.23. The van der Waals surface area contributed by atoms with Gasteiger partial charge < -0.3 is 10.1 Å². The van der Waals surface area contributed by atoms with Crippen LogP contribution in [0.4, 0.5) is 0 Å². The van der Waals surface area contributed by atoms with E-state index in [1.54, 1.807) is 0 Å². The topological polar surface area (TPSA) is 52.0 Å². The van der Waals surface area contributed by atoms with Crippen molar-refractivity contribution < 1.29 is 4.74 Å². The lowest BCUT2D eigenvalue weighted by molar-refractivity contribution is 0.0382. The van der Waals surface area contributed by atoms with Gasteiger partial charge in [0.1, 0.15) is 0 Å². The van der Waals surface area contributed by atoms with Crippen LogP contribution in [0.25, 0.3) is 0 Å². The lowest BCUT2D eigenvalue weighted by Gasteiger charge is -2.32. The average molecular weight is 266 g/mol. The number of rotatable bonds is 6. The maximum Gasteiger partial charge on any atom is 0.0993 e. The largest absolute Gasteiger partial charge is 0.380 e. The molecule has 1 fully saturated rings. The Bertz CT molecular complexity index is 379. The molecule has 1 heterocycles. The summed E-state index contributed by atoms with van der Waals surface area (Å²) in [6.45, 7) is 5.24. The van der Waals surface area contributed by atoms with Gasteiger partial charge in [-0.15, -0.1) is 5.10 Å². The van der Waals surface area contributed by atoms with E-state index in [1.807, 2.05) is 18.0 Å². The Kier molecular flexibility index (Phi) is 5.34. The molecule has 0 radical (unpaired) electrons. The number of ether oxygens (including phenoxy) is 1. The standard InChI is InChI=1S/C14H26N4O/c1-4-9-18-10-13(16-17-18)11(2)15-12-7-5-6-8-14(12)19-3/h10-12,14-15H,4-9H2,1-3H3/t11?,12-,14-/m1/s1. The molecule has 19 heavy (non-hydrogen) atoms. The van der Waals surface area contributed by atoms with E-state index in [0.717, 1.165) is 25.1 Å². The van der Waals surface area contributed by atoms with Gasteiger partial charge in [0.25, 0.3) is 0 Å². The second kappa shape index (κ2) is 7.01. The van der Waals surface area contributed by atoms with Gasteiger partial charge in [0.15, 0.2) is 0 Å². The number of aryl methyl sites for hydroxylation is 1. The van der Waals surface area contributed by atoms with Crippen LogP contribution < -0.4 is 5.32 Å². The van der Waals surface area contributed by atoms with Crippen LogP contribution >= 0.6 is 0 Å². The van der Waals surface area contributed by atoms with E-state index in [2.05, 4.69) is 29.5 Å². The monoisotopic (exact) mass is 266 g/mol. The minimum atomic E-state index is 0.228. The third kappa shape index (κ3) is 3.76. The molecular formula is C14H26N4O. The molecule has 108 valence electrons. The Morgan fingerprint density at radius 3 is 3.00 bits per heavy atom. The Hall–Kier alpha value is -0.940. The van der Waals surface area contributed by atoms with Crippen LogP contribution in [0.5, 0.6) is 0 Å². The van der Waals surface area contributed by atoms with Gasteiger partial charge in [0.2, 0.25) is 0 Å². The summed E-state index contributed by atoms with van der Waals surface area (Å²) in [5.41, 5.74) is 1.02. The number of hydrogen-bond acceptors (Lipinski definition) is 4. The predicted molar refractivity (Wildman–Crippen MR) is 74.9 cm³/mol. The number of methoxy groups -OCH3 is 1. The van der Waals surface area contributed by atoms with Crippen molar-refractivity contribution in [3.05, 3.63) is 11.9 Å². The smallest absolute Gasteiger partial charge is 0.0993 e. The molecule has 1 aliphatic rings. The van der Waals surface area contributed by atoms with E-state index >= 15 is 0 Å². The van der Waals surface area contributed by atoms with Crippen LogP contribution in [0.3, 0.4) is 0 Å². The first kappa shape index (κ1) is 14.5. The molecule has 1 N–H and O–H groups in total. The van der Waals surface area contributed by atoms with Gasteiger partial charge in [-0.25, -0.2) is 0 Å². The SMILES string of the molecule is CCCn1cc(C(C)N[C@@H]2CCCC[C@H]2OC)nn1. The summed E-state index contributed by atoms with van der Waals surface area (Å²) in [6.07, 6.45) is 8.37. The molecule has 0 amide bonds. The van der Waals surface area contributed by atoms with Crippen molar-refractivity contribution in [2.75, 3.05) is 7.11 Å². The Morgan fingerprint density at radius 2 is 2.26 bits per heavy atom. The summed E-state index contributed by atoms with van der Waals surface area (Å²) in [6, 6.07) is 0.663. The van der Waals surface area contributed by atoms with Crippen LogP contribution in [-0.2, 0) is 11.3 Å². The Morgan fingerprint density at radius 1 is 1.47 bits per heavy atom. The summed E-state index contributed by atoms with van der Waals surface area (Å²) in [7, 11) is 1.81. The van der Waals surface area contributed by atoms with E-state index in [0.29, 0.717) is 12.1 Å². The number of nitrogens with zero attached hydrogens (tertiary/aromatic N) is 3. The van der Waals surface area contributed by atoms with Gasteiger partial charge in [-0.1, -0.05) is 25.0 Å². The van der Waals surface area contributed by atoms with Crippen LogP contribution in [0.2, 0.25) is 0 Å². The van der Waals surface area contributed by atoms with Crippen molar-refractivity contribution in [3.63, 3.8) is 0 Å². The van der Waals surface area contributed by atoms with Crippen LogP contribution in [0.1, 0.15) is 57.7 Å². The molecule has 0 bridgehead atoms. The van der Waals surface area contributed by atoms with Gasteiger partial charge in [-0.05, 0) is 26.2 Å². The first-order valence-electron chi connectivity index (χ1n) is 7.43. The molecule has 2 rings (SSSR count). The molecule has 1 aliphatic carbocycles. The predicted octanol–water partition coefficient (Wildman–Crippen LogP) is 2.30. The third-order valence-electron chi connectivity index (χ3n) is 3.92. The Balaban J connectivity index is 1.92. The fourth-order valence-corrected chi connectivity index (χ4v) is 2.83. The highest BCUT2D eigenvalue weighted by Gasteiger charge is 2.26. The molecule has 5 heteroatoms. The molecular weight excluding hydrogens is 240 g/mol. The highest BCUT2D eigenvalue weighted by molar-refractivity contribution is 5.00. The van der Waals surface area contributed by atoms with Crippen molar-refractivity contribution in [3.8, 4) is 0 Å². The number of hydrogen-bond donors (Lipinski definition) is 1. The first-order valence-corrected chi connectivity index (χ1v) is 7.43.